The molecule has 112 valence electrons. The van der Waals surface area contributed by atoms with Crippen LogP contribution in [0.15, 0.2) is 0 Å². The van der Waals surface area contributed by atoms with E-state index in [0.29, 0.717) is 38.8 Å². The average molecular weight is 293 g/mol. The van der Waals surface area contributed by atoms with Crippen molar-refractivity contribution in [2.45, 2.75) is 38.6 Å². The lowest BCUT2D eigenvalue weighted by atomic mass is 9.92. The molecule has 19 heavy (non-hydrogen) atoms. The standard InChI is InChI=1S/C12H23NO5S/c1-10-11(12(14)15)6-5-7-13(10)19(16,17)9-4-3-8-18-2/h10-11H,3-9H2,1-2H3,(H,14,15)/t10-,11-/m0/s1. The van der Waals surface area contributed by atoms with Crippen LogP contribution in [0.4, 0.5) is 0 Å². The first-order valence-electron chi connectivity index (χ1n) is 6.61. The molecule has 1 saturated heterocycles. The Balaban J connectivity index is 2.63. The van der Waals surface area contributed by atoms with Gasteiger partial charge in [0.25, 0.3) is 0 Å². The minimum Gasteiger partial charge on any atom is -0.481 e. The third-order valence-corrected chi connectivity index (χ3v) is 5.64. The van der Waals surface area contributed by atoms with Crippen LogP contribution in [-0.2, 0) is 19.6 Å². The Morgan fingerprint density at radius 2 is 2.11 bits per heavy atom. The van der Waals surface area contributed by atoms with Gasteiger partial charge in [-0.2, -0.15) is 4.31 Å². The number of rotatable bonds is 7. The van der Waals surface area contributed by atoms with Crippen LogP contribution < -0.4 is 0 Å². The summed E-state index contributed by atoms with van der Waals surface area (Å²) < 4.78 is 30.7. The Kier molecular flexibility index (Phi) is 6.22. The average Bonchev–Trinajstić information content (AvgIpc) is 2.34. The molecule has 0 radical (unpaired) electrons. The van der Waals surface area contributed by atoms with E-state index in [1.54, 1.807) is 14.0 Å². The number of unbranched alkanes of at least 4 members (excludes halogenated alkanes) is 1. The van der Waals surface area contributed by atoms with Crippen LogP contribution in [0.5, 0.6) is 0 Å². The molecule has 2 atom stereocenters. The van der Waals surface area contributed by atoms with Gasteiger partial charge in [-0.1, -0.05) is 0 Å². The zero-order valence-electron chi connectivity index (χ0n) is 11.5. The van der Waals surface area contributed by atoms with Gasteiger partial charge >= 0.3 is 5.97 Å². The number of ether oxygens (including phenoxy) is 1. The van der Waals surface area contributed by atoms with Crippen molar-refractivity contribution in [3.05, 3.63) is 0 Å². The fourth-order valence-corrected chi connectivity index (χ4v) is 4.35. The summed E-state index contributed by atoms with van der Waals surface area (Å²) in [4.78, 5) is 11.1. The highest BCUT2D eigenvalue weighted by molar-refractivity contribution is 7.89. The molecule has 0 aromatic heterocycles. The number of carbonyl (C=O) groups is 1. The first-order chi connectivity index (χ1) is 8.90. The van der Waals surface area contributed by atoms with Crippen molar-refractivity contribution in [3.8, 4) is 0 Å². The van der Waals surface area contributed by atoms with Gasteiger partial charge in [0, 0.05) is 26.3 Å². The fourth-order valence-electron chi connectivity index (χ4n) is 2.48. The van der Waals surface area contributed by atoms with Crippen LogP contribution >= 0.6 is 0 Å². The van der Waals surface area contributed by atoms with Crippen molar-refractivity contribution in [1.29, 1.82) is 0 Å². The van der Waals surface area contributed by atoms with E-state index in [1.807, 2.05) is 0 Å². The molecule has 0 aromatic carbocycles. The summed E-state index contributed by atoms with van der Waals surface area (Å²) in [5, 5.41) is 9.10. The second-order valence-electron chi connectivity index (χ2n) is 4.95. The molecule has 0 amide bonds. The van der Waals surface area contributed by atoms with Crippen molar-refractivity contribution in [2.75, 3.05) is 26.0 Å². The number of piperidine rings is 1. The molecule has 0 aliphatic carbocycles. The number of hydrogen-bond acceptors (Lipinski definition) is 4. The number of methoxy groups -OCH3 is 1. The van der Waals surface area contributed by atoms with E-state index in [4.69, 9.17) is 9.84 Å². The van der Waals surface area contributed by atoms with Gasteiger partial charge in [0.15, 0.2) is 0 Å². The van der Waals surface area contributed by atoms with E-state index in [2.05, 4.69) is 0 Å². The number of aliphatic carboxylic acids is 1. The Morgan fingerprint density at radius 3 is 2.68 bits per heavy atom. The molecule has 0 spiro atoms. The summed E-state index contributed by atoms with van der Waals surface area (Å²) >= 11 is 0. The lowest BCUT2D eigenvalue weighted by Crippen LogP contribution is -2.49. The van der Waals surface area contributed by atoms with Crippen LogP contribution in [0.2, 0.25) is 0 Å². The van der Waals surface area contributed by atoms with E-state index < -0.39 is 28.0 Å². The molecule has 0 bridgehead atoms. The van der Waals surface area contributed by atoms with Gasteiger partial charge in [-0.05, 0) is 32.6 Å². The van der Waals surface area contributed by atoms with E-state index in [9.17, 15) is 13.2 Å². The van der Waals surface area contributed by atoms with Gasteiger partial charge in [0.1, 0.15) is 0 Å². The largest absolute Gasteiger partial charge is 0.481 e. The summed E-state index contributed by atoms with van der Waals surface area (Å²) in [7, 11) is -1.78. The molecule has 1 fully saturated rings. The molecule has 0 aromatic rings. The van der Waals surface area contributed by atoms with Crippen LogP contribution in [0, 0.1) is 5.92 Å². The zero-order valence-corrected chi connectivity index (χ0v) is 12.4. The van der Waals surface area contributed by atoms with Crippen molar-refractivity contribution in [1.82, 2.24) is 4.31 Å². The third-order valence-electron chi connectivity index (χ3n) is 3.61. The van der Waals surface area contributed by atoms with Crippen LogP contribution in [0.3, 0.4) is 0 Å². The molecule has 1 rings (SSSR count). The first-order valence-corrected chi connectivity index (χ1v) is 8.22. The Morgan fingerprint density at radius 1 is 1.42 bits per heavy atom. The van der Waals surface area contributed by atoms with E-state index in [1.165, 1.54) is 4.31 Å². The second kappa shape index (κ2) is 7.21. The number of nitrogens with zero attached hydrogens (tertiary/aromatic N) is 1. The molecule has 1 heterocycles. The van der Waals surface area contributed by atoms with E-state index in [-0.39, 0.29) is 5.75 Å². The van der Waals surface area contributed by atoms with Crippen molar-refractivity contribution < 1.29 is 23.1 Å². The first kappa shape index (κ1) is 16.4. The monoisotopic (exact) mass is 293 g/mol. The summed E-state index contributed by atoms with van der Waals surface area (Å²) in [5.41, 5.74) is 0. The van der Waals surface area contributed by atoms with Crippen molar-refractivity contribution >= 4 is 16.0 Å². The van der Waals surface area contributed by atoms with Gasteiger partial charge in [0.05, 0.1) is 11.7 Å². The predicted octanol–water partition coefficient (Wildman–Crippen LogP) is 0.928. The van der Waals surface area contributed by atoms with Gasteiger partial charge < -0.3 is 9.84 Å². The fraction of sp³-hybridized carbons (Fsp3) is 0.917. The number of hydrogen-bond donors (Lipinski definition) is 1. The normalized spacial score (nSPS) is 25.4. The van der Waals surface area contributed by atoms with Gasteiger partial charge in [-0.3, -0.25) is 4.79 Å². The SMILES string of the molecule is COCCCCS(=O)(=O)N1CCC[C@H](C(=O)O)[C@@H]1C. The van der Waals surface area contributed by atoms with Gasteiger partial charge in [0.2, 0.25) is 10.0 Å². The highest BCUT2D eigenvalue weighted by Crippen LogP contribution is 2.26. The van der Waals surface area contributed by atoms with Crippen molar-refractivity contribution in [3.63, 3.8) is 0 Å². The molecule has 6 nitrogen and oxygen atoms in total. The molecule has 7 heteroatoms. The van der Waals surface area contributed by atoms with Crippen LogP contribution in [-0.4, -0.2) is 55.9 Å². The van der Waals surface area contributed by atoms with Crippen molar-refractivity contribution in [2.24, 2.45) is 5.92 Å². The smallest absolute Gasteiger partial charge is 0.308 e. The van der Waals surface area contributed by atoms with Gasteiger partial charge in [-0.15, -0.1) is 0 Å². The predicted molar refractivity (Wildman–Crippen MR) is 71.4 cm³/mol. The Labute approximate surface area is 114 Å². The molecule has 1 N–H and O–H groups in total. The van der Waals surface area contributed by atoms with Crippen LogP contribution in [0.25, 0.3) is 0 Å². The minimum absolute atomic E-state index is 0.0625. The lowest BCUT2D eigenvalue weighted by molar-refractivity contribution is -0.144. The Hall–Kier alpha value is -0.660. The number of carboxylic acid groups (broad SMARTS) is 1. The van der Waals surface area contributed by atoms with E-state index in [0.717, 1.165) is 0 Å². The quantitative estimate of drug-likeness (QED) is 0.706. The molecule has 0 saturated carbocycles. The molecular weight excluding hydrogens is 270 g/mol. The summed E-state index contributed by atoms with van der Waals surface area (Å²) in [6.07, 6.45) is 2.39. The summed E-state index contributed by atoms with van der Waals surface area (Å²) in [6, 6.07) is -0.460. The van der Waals surface area contributed by atoms with Crippen LogP contribution in [0.1, 0.15) is 32.6 Å². The molecule has 0 unspecified atom stereocenters. The zero-order chi connectivity index (χ0) is 14.5. The molecular formula is C12H23NO5S. The maximum Gasteiger partial charge on any atom is 0.308 e. The number of sulfonamides is 1. The lowest BCUT2D eigenvalue weighted by Gasteiger charge is -2.36. The summed E-state index contributed by atoms with van der Waals surface area (Å²) in [6.45, 7) is 2.66. The highest BCUT2D eigenvalue weighted by Gasteiger charge is 2.38. The van der Waals surface area contributed by atoms with Gasteiger partial charge in [-0.25, -0.2) is 8.42 Å². The third kappa shape index (κ3) is 4.43. The molecule has 1 aliphatic heterocycles. The summed E-state index contributed by atoms with van der Waals surface area (Å²) in [5.74, 6) is -1.44. The molecule has 1 aliphatic rings. The van der Waals surface area contributed by atoms with E-state index >= 15 is 0 Å². The maximum atomic E-state index is 12.2. The topological polar surface area (TPSA) is 83.9 Å². The minimum atomic E-state index is -3.36. The maximum absolute atomic E-state index is 12.2. The second-order valence-corrected chi connectivity index (χ2v) is 7.00. The number of carboxylic acids is 1. The highest BCUT2D eigenvalue weighted by atomic mass is 32.2. The Bertz CT molecular complexity index is 395.